The Morgan fingerprint density at radius 3 is 0.667 bits per heavy atom. The van der Waals surface area contributed by atoms with Crippen LogP contribution in [0.15, 0.2) is 0 Å². The third kappa shape index (κ3) is 11.9. The molecule has 0 aromatic rings. The zero-order chi connectivity index (χ0) is 14.0. The summed E-state index contributed by atoms with van der Waals surface area (Å²) < 4.78 is 118. The summed E-state index contributed by atoms with van der Waals surface area (Å²) >= 11 is 0. The maximum absolute atomic E-state index is 10.7. The van der Waals surface area contributed by atoms with Crippen molar-refractivity contribution >= 4 is 20.2 Å². The van der Waals surface area contributed by atoms with E-state index in [1.165, 1.54) is 0 Å². The van der Waals surface area contributed by atoms with Crippen LogP contribution >= 0.6 is 0 Å². The summed E-state index contributed by atoms with van der Waals surface area (Å²) in [5.41, 5.74) is -11.3. The molecule has 0 atom stereocenters. The van der Waals surface area contributed by atoms with E-state index >= 15 is 0 Å². The molecule has 0 fully saturated rings. The fourth-order valence-electron chi connectivity index (χ4n) is 0. The summed E-state index contributed by atoms with van der Waals surface area (Å²) in [6, 6.07) is 0. The van der Waals surface area contributed by atoms with Gasteiger partial charge in [0.25, 0.3) is 0 Å². The second-order valence-electron chi connectivity index (χ2n) is 1.80. The molecule has 0 unspecified atom stereocenters. The van der Waals surface area contributed by atoms with Crippen LogP contribution in [0.25, 0.3) is 0 Å². The molecule has 0 aliphatic carbocycles. The number of halogens is 6. The summed E-state index contributed by atoms with van der Waals surface area (Å²) in [6.45, 7) is 0. The first-order chi connectivity index (χ1) is 6.50. The predicted molar refractivity (Wildman–Crippen MR) is 31.5 cm³/mol. The zero-order valence-corrected chi connectivity index (χ0v) is 11.7. The molecule has 0 aliphatic rings. The van der Waals surface area contributed by atoms with Crippen LogP contribution in [0, 0.1) is 0 Å². The number of rotatable bonds is 0. The van der Waals surface area contributed by atoms with Gasteiger partial charge in [0.2, 0.25) is 0 Å². The molecule has 0 bridgehead atoms. The van der Waals surface area contributed by atoms with Crippen molar-refractivity contribution in [2.75, 3.05) is 0 Å². The molecule has 120 valence electrons. The summed E-state index contributed by atoms with van der Waals surface area (Å²) in [7, 11) is -12.2. The van der Waals surface area contributed by atoms with E-state index in [0.29, 0.717) is 0 Å². The number of hydrogen-bond acceptors (Lipinski definition) is 6. The minimum absolute atomic E-state index is 0. The third-order valence-electron chi connectivity index (χ3n) is 0.567. The molecule has 0 amide bonds. The first kappa shape index (κ1) is 27.3. The van der Waals surface area contributed by atoms with Crippen LogP contribution in [0.2, 0.25) is 0 Å². The second-order valence-corrected chi connectivity index (χ2v) is 4.54. The van der Waals surface area contributed by atoms with Gasteiger partial charge in [-0.15, -0.1) is 0 Å². The van der Waals surface area contributed by atoms with E-state index in [2.05, 4.69) is 0 Å². The van der Waals surface area contributed by atoms with Crippen molar-refractivity contribution in [3.63, 3.8) is 0 Å². The Bertz CT molecular complexity index is 378. The molecule has 0 saturated heterocycles. The fraction of sp³-hybridized carbons (Fsp3) is 1.00. The maximum atomic E-state index is 10.7. The second kappa shape index (κ2) is 8.23. The van der Waals surface area contributed by atoms with Gasteiger partial charge in [-0.3, -0.25) is 0 Å². The quantitative estimate of drug-likeness (QED) is 0.196. The molecule has 16 heteroatoms. The van der Waals surface area contributed by atoms with Gasteiger partial charge in [-0.25, -0.2) is 16.8 Å². The molecule has 0 aliphatic heterocycles. The van der Waals surface area contributed by atoms with E-state index in [-0.39, 0.29) is 44.8 Å². The van der Waals surface area contributed by atoms with E-state index in [1.807, 2.05) is 0 Å². The van der Waals surface area contributed by atoms with Crippen LogP contribution in [0.5, 0.6) is 0 Å². The summed E-state index contributed by atoms with van der Waals surface area (Å²) in [5.74, 6) is 0. The van der Waals surface area contributed by atoms with E-state index in [9.17, 15) is 26.3 Å². The van der Waals surface area contributed by atoms with Crippen LogP contribution in [-0.2, 0) is 65.0 Å². The summed E-state index contributed by atoms with van der Waals surface area (Å²) in [5, 5.41) is 0. The van der Waals surface area contributed by atoms with E-state index in [4.69, 9.17) is 25.9 Å². The Morgan fingerprint density at radius 1 is 0.611 bits per heavy atom. The van der Waals surface area contributed by atoms with Gasteiger partial charge in [0, 0.05) is 0 Å². The van der Waals surface area contributed by atoms with Gasteiger partial charge in [0.05, 0.1) is 0 Å². The molecular weight excluding hydrogens is 514 g/mol. The molecular formula is C2Ag2F6O6S2. The van der Waals surface area contributed by atoms with Crippen LogP contribution in [0.1, 0.15) is 0 Å². The third-order valence-corrected chi connectivity index (χ3v) is 1.70. The monoisotopic (exact) mass is 512 g/mol. The normalized spacial score (nSPS) is 12.4. The van der Waals surface area contributed by atoms with Crippen LogP contribution in [0.3, 0.4) is 0 Å². The van der Waals surface area contributed by atoms with Gasteiger partial charge in [-0.2, -0.15) is 26.3 Å². The molecule has 0 saturated carbocycles. The Labute approximate surface area is 128 Å². The molecule has 0 aromatic carbocycles. The van der Waals surface area contributed by atoms with Crippen molar-refractivity contribution in [1.82, 2.24) is 0 Å². The minimum atomic E-state index is -6.09. The van der Waals surface area contributed by atoms with Crippen molar-refractivity contribution in [2.45, 2.75) is 11.0 Å². The van der Waals surface area contributed by atoms with Gasteiger partial charge in [0.1, 0.15) is 0 Å². The Hall–Kier alpha value is 0.881. The summed E-state index contributed by atoms with van der Waals surface area (Å²) in [6.07, 6.45) is 0. The van der Waals surface area contributed by atoms with Gasteiger partial charge in [-0.05, 0) is 0 Å². The summed E-state index contributed by atoms with van der Waals surface area (Å²) in [4.78, 5) is 0. The molecule has 0 aromatic heterocycles. The molecule has 0 spiro atoms. The van der Waals surface area contributed by atoms with E-state index < -0.39 is 31.3 Å². The number of hydrogen-bond donors (Lipinski definition) is 0. The standard InChI is InChI=1S/2CHF3O3S.2Ag/c2*2-1(3,4)8(5,6)7;;/h2*(H,5,6,7);;/q;;2*+1/p-2. The minimum Gasteiger partial charge on any atom is -0.741 e. The molecule has 0 radical (unpaired) electrons. The molecule has 0 N–H and O–H groups in total. The van der Waals surface area contributed by atoms with Gasteiger partial charge in [0.15, 0.2) is 20.2 Å². The van der Waals surface area contributed by atoms with Crippen molar-refractivity contribution in [2.24, 2.45) is 0 Å². The van der Waals surface area contributed by atoms with Gasteiger partial charge >= 0.3 is 55.8 Å². The smallest absolute Gasteiger partial charge is 0.741 e. The van der Waals surface area contributed by atoms with Crippen molar-refractivity contribution < 1.29 is 97.0 Å². The van der Waals surface area contributed by atoms with Crippen LogP contribution in [-0.4, -0.2) is 37.0 Å². The zero-order valence-electron chi connectivity index (χ0n) is 7.14. The van der Waals surface area contributed by atoms with Gasteiger partial charge < -0.3 is 9.11 Å². The van der Waals surface area contributed by atoms with Crippen molar-refractivity contribution in [3.8, 4) is 0 Å². The molecule has 0 rings (SSSR count). The maximum Gasteiger partial charge on any atom is 1.00 e. The predicted octanol–water partition coefficient (Wildman–Crippen LogP) is 0.0978. The number of alkyl halides is 6. The van der Waals surface area contributed by atoms with E-state index in [0.717, 1.165) is 0 Å². The topological polar surface area (TPSA) is 114 Å². The molecule has 6 nitrogen and oxygen atoms in total. The van der Waals surface area contributed by atoms with E-state index in [1.54, 1.807) is 0 Å². The fourth-order valence-corrected chi connectivity index (χ4v) is 0. The average molecular weight is 514 g/mol. The van der Waals surface area contributed by atoms with Gasteiger partial charge in [-0.1, -0.05) is 0 Å². The van der Waals surface area contributed by atoms with Crippen molar-refractivity contribution in [3.05, 3.63) is 0 Å². The Balaban J connectivity index is -0.0000000980. The molecule has 0 heterocycles. The average Bonchev–Trinajstić information content (AvgIpc) is 1.77. The SMILES string of the molecule is O=S(=O)([O-])C(F)(F)F.O=S(=O)([O-])C(F)(F)F.[Ag+].[Ag+]. The molecule has 18 heavy (non-hydrogen) atoms. The Morgan fingerprint density at radius 2 is 0.667 bits per heavy atom. The Kier molecular flexibility index (Phi) is 12.5. The van der Waals surface area contributed by atoms with Crippen LogP contribution < -0.4 is 0 Å². The first-order valence-electron chi connectivity index (χ1n) is 2.54. The van der Waals surface area contributed by atoms with Crippen molar-refractivity contribution in [1.29, 1.82) is 0 Å². The van der Waals surface area contributed by atoms with Crippen LogP contribution in [0.4, 0.5) is 26.3 Å². The first-order valence-corrected chi connectivity index (χ1v) is 5.36. The largest absolute Gasteiger partial charge is 1.00 e.